The third-order valence-corrected chi connectivity index (χ3v) is 5.26. The highest BCUT2D eigenvalue weighted by molar-refractivity contribution is 6.20. The van der Waals surface area contributed by atoms with Crippen molar-refractivity contribution in [3.05, 3.63) is 41.4 Å². The molecule has 0 saturated carbocycles. The Bertz CT molecular complexity index is 1160. The fraction of sp³-hybridized carbons (Fsp3) is 0.348. The Morgan fingerprint density at radius 1 is 1.22 bits per heavy atom. The zero-order chi connectivity index (χ0) is 23.1. The molecule has 0 aliphatic heterocycles. The topological polar surface area (TPSA) is 108 Å². The summed E-state index contributed by atoms with van der Waals surface area (Å²) in [5.41, 5.74) is 2.45. The summed E-state index contributed by atoms with van der Waals surface area (Å²) in [5, 5.41) is 10.6. The van der Waals surface area contributed by atoms with Crippen molar-refractivity contribution >= 4 is 35.7 Å². The monoisotopic (exact) mass is 454 g/mol. The molecular formula is C23H27ClN6O2. The molecule has 1 unspecified atom stereocenters. The number of carboxylic acids is 1. The van der Waals surface area contributed by atoms with Crippen LogP contribution in [0.1, 0.15) is 26.7 Å². The van der Waals surface area contributed by atoms with Gasteiger partial charge < -0.3 is 15.0 Å². The predicted octanol–water partition coefficient (Wildman–Crippen LogP) is 2.69. The van der Waals surface area contributed by atoms with Gasteiger partial charge in [0.15, 0.2) is 0 Å². The van der Waals surface area contributed by atoms with Crippen molar-refractivity contribution in [2.75, 3.05) is 24.4 Å². The van der Waals surface area contributed by atoms with Crippen LogP contribution in [0.15, 0.2) is 30.7 Å². The van der Waals surface area contributed by atoms with Crippen molar-refractivity contribution in [2.45, 2.75) is 26.7 Å². The molecule has 1 atom stereocenters. The SMILES string of the molecule is C/C=c1/nc(-c2ccc(-c3cnc(N(C)CCC(C)CC(=O)O)nc3)nc2)[nH]/c1=C/CCl. The lowest BCUT2D eigenvalue weighted by Gasteiger charge is -2.19. The second-order valence-electron chi connectivity index (χ2n) is 7.65. The molecule has 0 fully saturated rings. The number of alkyl halides is 1. The van der Waals surface area contributed by atoms with E-state index in [1.165, 1.54) is 0 Å². The summed E-state index contributed by atoms with van der Waals surface area (Å²) < 4.78 is 0. The molecule has 168 valence electrons. The summed E-state index contributed by atoms with van der Waals surface area (Å²) in [7, 11) is 1.90. The number of aromatic nitrogens is 5. The Balaban J connectivity index is 1.69. The lowest BCUT2D eigenvalue weighted by Crippen LogP contribution is -2.23. The van der Waals surface area contributed by atoms with E-state index in [0.29, 0.717) is 18.4 Å². The number of hydrogen-bond donors (Lipinski definition) is 2. The molecule has 0 aliphatic carbocycles. The molecule has 3 heterocycles. The third kappa shape index (κ3) is 5.91. The fourth-order valence-corrected chi connectivity index (χ4v) is 3.41. The number of nitrogens with zero attached hydrogens (tertiary/aromatic N) is 5. The van der Waals surface area contributed by atoms with E-state index in [-0.39, 0.29) is 12.3 Å². The first kappa shape index (κ1) is 23.4. The number of pyridine rings is 1. The molecule has 3 rings (SSSR count). The molecule has 3 aromatic rings. The van der Waals surface area contributed by atoms with Crippen LogP contribution >= 0.6 is 11.6 Å². The second kappa shape index (κ2) is 10.9. The van der Waals surface area contributed by atoms with Crippen LogP contribution in [0.3, 0.4) is 0 Å². The van der Waals surface area contributed by atoms with Crippen LogP contribution in [0.25, 0.3) is 34.8 Å². The molecule has 32 heavy (non-hydrogen) atoms. The van der Waals surface area contributed by atoms with E-state index in [1.54, 1.807) is 18.6 Å². The van der Waals surface area contributed by atoms with Crippen LogP contribution in [-0.2, 0) is 4.79 Å². The van der Waals surface area contributed by atoms with Crippen molar-refractivity contribution in [3.63, 3.8) is 0 Å². The van der Waals surface area contributed by atoms with E-state index >= 15 is 0 Å². The predicted molar refractivity (Wildman–Crippen MR) is 127 cm³/mol. The number of imidazole rings is 1. The highest BCUT2D eigenvalue weighted by Gasteiger charge is 2.11. The van der Waals surface area contributed by atoms with Gasteiger partial charge >= 0.3 is 5.97 Å². The summed E-state index contributed by atoms with van der Waals surface area (Å²) in [6.07, 6.45) is 9.99. The van der Waals surface area contributed by atoms with E-state index < -0.39 is 5.97 Å². The first-order chi connectivity index (χ1) is 15.4. The Kier molecular flexibility index (Phi) is 7.94. The summed E-state index contributed by atoms with van der Waals surface area (Å²) in [5.74, 6) is 1.06. The minimum atomic E-state index is -0.774. The van der Waals surface area contributed by atoms with Crippen LogP contribution in [0.2, 0.25) is 0 Å². The number of nitrogens with one attached hydrogen (secondary N) is 1. The number of rotatable bonds is 9. The summed E-state index contributed by atoms with van der Waals surface area (Å²) in [6, 6.07) is 3.86. The van der Waals surface area contributed by atoms with Gasteiger partial charge in [-0.25, -0.2) is 15.0 Å². The molecule has 8 nitrogen and oxygen atoms in total. The van der Waals surface area contributed by atoms with Gasteiger partial charge in [0, 0.05) is 55.6 Å². The largest absolute Gasteiger partial charge is 0.481 e. The maximum atomic E-state index is 10.8. The van der Waals surface area contributed by atoms with Crippen LogP contribution < -0.4 is 15.6 Å². The molecule has 9 heteroatoms. The molecule has 3 aromatic heterocycles. The molecule has 0 amide bonds. The number of hydrogen-bond acceptors (Lipinski definition) is 6. The van der Waals surface area contributed by atoms with E-state index in [2.05, 4.69) is 24.9 Å². The molecule has 0 bridgehead atoms. The van der Waals surface area contributed by atoms with Crippen LogP contribution in [-0.4, -0.2) is 55.5 Å². The maximum absolute atomic E-state index is 10.8. The lowest BCUT2D eigenvalue weighted by atomic mass is 10.0. The van der Waals surface area contributed by atoms with Gasteiger partial charge in [-0.3, -0.25) is 9.78 Å². The van der Waals surface area contributed by atoms with Crippen LogP contribution in [0.4, 0.5) is 5.95 Å². The fourth-order valence-electron chi connectivity index (χ4n) is 3.26. The van der Waals surface area contributed by atoms with Gasteiger partial charge in [-0.1, -0.05) is 13.0 Å². The maximum Gasteiger partial charge on any atom is 0.303 e. The van der Waals surface area contributed by atoms with Gasteiger partial charge in [-0.2, -0.15) is 0 Å². The number of aromatic amines is 1. The van der Waals surface area contributed by atoms with E-state index in [4.69, 9.17) is 16.7 Å². The zero-order valence-electron chi connectivity index (χ0n) is 18.4. The minimum Gasteiger partial charge on any atom is -0.481 e. The first-order valence-corrected chi connectivity index (χ1v) is 10.9. The standard InChI is InChI=1S/C23H27ClN6O2/c1-4-18-20(7-9-24)29-22(28-18)16-5-6-19(25-12-16)17-13-26-23(27-14-17)30(3)10-8-15(2)11-21(31)32/h4-7,12-15H,8-11H2,1-3H3,(H,28,29)(H,31,32)/b18-4+,20-7+. The van der Waals surface area contributed by atoms with E-state index in [1.807, 2.05) is 50.1 Å². The molecule has 2 N–H and O–H groups in total. The number of carbonyl (C=O) groups is 1. The van der Waals surface area contributed by atoms with Crippen LogP contribution in [0, 0.1) is 5.92 Å². The number of aliphatic carboxylic acids is 1. The Hall–Kier alpha value is -3.26. The molecule has 0 aliphatic rings. The normalized spacial score (nSPS) is 13.4. The summed E-state index contributed by atoms with van der Waals surface area (Å²) >= 11 is 5.82. The lowest BCUT2D eigenvalue weighted by molar-refractivity contribution is -0.138. The highest BCUT2D eigenvalue weighted by atomic mass is 35.5. The average molecular weight is 455 g/mol. The number of halogens is 1. The number of anilines is 1. The number of H-pyrrole nitrogens is 1. The summed E-state index contributed by atoms with van der Waals surface area (Å²) in [4.78, 5) is 34.0. The zero-order valence-corrected chi connectivity index (χ0v) is 19.2. The Labute approximate surface area is 191 Å². The van der Waals surface area contributed by atoms with Crippen molar-refractivity contribution in [1.29, 1.82) is 0 Å². The van der Waals surface area contributed by atoms with Gasteiger partial charge in [-0.15, -0.1) is 11.6 Å². The summed E-state index contributed by atoms with van der Waals surface area (Å²) in [6.45, 7) is 4.55. The van der Waals surface area contributed by atoms with Crippen molar-refractivity contribution in [2.24, 2.45) is 5.92 Å². The minimum absolute atomic E-state index is 0.0984. The Morgan fingerprint density at radius 2 is 1.94 bits per heavy atom. The van der Waals surface area contributed by atoms with Crippen LogP contribution in [0.5, 0.6) is 0 Å². The van der Waals surface area contributed by atoms with Gasteiger partial charge in [0.25, 0.3) is 0 Å². The molecular weight excluding hydrogens is 428 g/mol. The average Bonchev–Trinajstić information content (AvgIpc) is 3.20. The smallest absolute Gasteiger partial charge is 0.303 e. The molecule has 0 spiro atoms. The van der Waals surface area contributed by atoms with Crippen molar-refractivity contribution < 1.29 is 9.90 Å². The highest BCUT2D eigenvalue weighted by Crippen LogP contribution is 2.20. The Morgan fingerprint density at radius 3 is 2.53 bits per heavy atom. The van der Waals surface area contributed by atoms with Crippen molar-refractivity contribution in [1.82, 2.24) is 24.9 Å². The third-order valence-electron chi connectivity index (χ3n) is 5.11. The van der Waals surface area contributed by atoms with Crippen molar-refractivity contribution in [3.8, 4) is 22.6 Å². The molecule has 0 saturated heterocycles. The molecule has 0 aromatic carbocycles. The van der Waals surface area contributed by atoms with Gasteiger partial charge in [-0.05, 0) is 37.5 Å². The van der Waals surface area contributed by atoms with E-state index in [0.717, 1.165) is 39.8 Å². The number of carboxylic acid groups (broad SMARTS) is 1. The molecule has 0 radical (unpaired) electrons. The van der Waals surface area contributed by atoms with E-state index in [9.17, 15) is 4.79 Å². The first-order valence-electron chi connectivity index (χ1n) is 10.4. The van der Waals surface area contributed by atoms with Gasteiger partial charge in [0.05, 0.1) is 16.4 Å². The van der Waals surface area contributed by atoms with Gasteiger partial charge in [0.2, 0.25) is 5.95 Å². The quantitative estimate of drug-likeness (QED) is 0.478. The second-order valence-corrected chi connectivity index (χ2v) is 7.96. The van der Waals surface area contributed by atoms with Gasteiger partial charge in [0.1, 0.15) is 5.82 Å².